The molecule has 2 aliphatic rings. The standard InChI is InChI=1S/C19H19N3O5/c23-19(20-13-3-6-17-18(11-13)27-10-9-26-17)15-12-14(22(24)25)4-5-16(15)21-7-1-2-8-21/h3-6,11-12H,1-2,7-10H2,(H,20,23). The van der Waals surface area contributed by atoms with Crippen LogP contribution in [0, 0.1) is 10.1 Å². The highest BCUT2D eigenvalue weighted by molar-refractivity contribution is 6.08. The maximum atomic E-state index is 12.9. The van der Waals surface area contributed by atoms with Gasteiger partial charge in [-0.1, -0.05) is 0 Å². The molecule has 0 radical (unpaired) electrons. The van der Waals surface area contributed by atoms with Gasteiger partial charge in [-0.05, 0) is 31.0 Å². The number of non-ortho nitro benzene ring substituents is 1. The molecular weight excluding hydrogens is 350 g/mol. The number of hydrogen-bond acceptors (Lipinski definition) is 6. The molecule has 8 heteroatoms. The number of rotatable bonds is 4. The van der Waals surface area contributed by atoms with Gasteiger partial charge in [0.15, 0.2) is 11.5 Å². The second kappa shape index (κ2) is 7.14. The summed E-state index contributed by atoms with van der Waals surface area (Å²) in [6.45, 7) is 2.62. The van der Waals surface area contributed by atoms with Crippen LogP contribution >= 0.6 is 0 Å². The third kappa shape index (κ3) is 3.51. The summed E-state index contributed by atoms with van der Waals surface area (Å²) in [7, 11) is 0. The first-order valence-corrected chi connectivity index (χ1v) is 8.86. The Kier molecular flexibility index (Phi) is 4.53. The van der Waals surface area contributed by atoms with Crippen LogP contribution in [0.15, 0.2) is 36.4 Å². The molecule has 4 rings (SSSR count). The molecule has 1 amide bonds. The van der Waals surface area contributed by atoms with Crippen molar-refractivity contribution in [2.24, 2.45) is 0 Å². The predicted octanol–water partition coefficient (Wildman–Crippen LogP) is 3.22. The minimum atomic E-state index is -0.491. The molecule has 2 aromatic rings. The summed E-state index contributed by atoms with van der Waals surface area (Å²) >= 11 is 0. The van der Waals surface area contributed by atoms with Gasteiger partial charge in [-0.15, -0.1) is 0 Å². The minimum absolute atomic E-state index is 0.106. The van der Waals surface area contributed by atoms with E-state index in [4.69, 9.17) is 9.47 Å². The van der Waals surface area contributed by atoms with Crippen LogP contribution in [0.3, 0.4) is 0 Å². The summed E-state index contributed by atoms with van der Waals surface area (Å²) in [5, 5.41) is 14.0. The van der Waals surface area contributed by atoms with Gasteiger partial charge in [0, 0.05) is 37.0 Å². The van der Waals surface area contributed by atoms with Crippen molar-refractivity contribution in [2.75, 3.05) is 36.5 Å². The molecule has 1 saturated heterocycles. The number of carbonyl (C=O) groups excluding carboxylic acids is 1. The van der Waals surface area contributed by atoms with E-state index in [0.717, 1.165) is 25.9 Å². The Morgan fingerprint density at radius 3 is 2.52 bits per heavy atom. The van der Waals surface area contributed by atoms with E-state index in [2.05, 4.69) is 10.2 Å². The minimum Gasteiger partial charge on any atom is -0.486 e. The lowest BCUT2D eigenvalue weighted by molar-refractivity contribution is -0.384. The smallest absolute Gasteiger partial charge is 0.270 e. The Hall–Kier alpha value is -3.29. The molecule has 2 heterocycles. The van der Waals surface area contributed by atoms with Gasteiger partial charge >= 0.3 is 0 Å². The van der Waals surface area contributed by atoms with Crippen molar-refractivity contribution in [1.29, 1.82) is 0 Å². The van der Waals surface area contributed by atoms with E-state index in [1.165, 1.54) is 12.1 Å². The zero-order valence-electron chi connectivity index (χ0n) is 14.6. The normalized spacial score (nSPS) is 15.5. The molecule has 0 saturated carbocycles. The van der Waals surface area contributed by atoms with Crippen molar-refractivity contribution in [3.8, 4) is 11.5 Å². The van der Waals surface area contributed by atoms with Gasteiger partial charge in [0.2, 0.25) is 0 Å². The van der Waals surface area contributed by atoms with Crippen molar-refractivity contribution >= 4 is 23.0 Å². The summed E-state index contributed by atoms with van der Waals surface area (Å²) in [4.78, 5) is 25.7. The fraction of sp³-hybridized carbons (Fsp3) is 0.316. The van der Waals surface area contributed by atoms with Crippen molar-refractivity contribution in [3.63, 3.8) is 0 Å². The van der Waals surface area contributed by atoms with Crippen molar-refractivity contribution in [2.45, 2.75) is 12.8 Å². The zero-order chi connectivity index (χ0) is 18.8. The molecule has 1 fully saturated rings. The molecule has 27 heavy (non-hydrogen) atoms. The second-order valence-corrected chi connectivity index (χ2v) is 6.47. The molecule has 2 aliphatic heterocycles. The van der Waals surface area contributed by atoms with Gasteiger partial charge in [0.1, 0.15) is 13.2 Å². The van der Waals surface area contributed by atoms with Crippen LogP contribution in [0.1, 0.15) is 23.2 Å². The summed E-state index contributed by atoms with van der Waals surface area (Å²) in [6.07, 6.45) is 2.08. The lowest BCUT2D eigenvalue weighted by Crippen LogP contribution is -2.23. The first-order valence-electron chi connectivity index (χ1n) is 8.86. The van der Waals surface area contributed by atoms with Crippen LogP contribution in [0.25, 0.3) is 0 Å². The fourth-order valence-corrected chi connectivity index (χ4v) is 3.37. The van der Waals surface area contributed by atoms with Crippen molar-refractivity contribution in [1.82, 2.24) is 0 Å². The highest BCUT2D eigenvalue weighted by Crippen LogP contribution is 2.34. The molecule has 1 N–H and O–H groups in total. The second-order valence-electron chi connectivity index (χ2n) is 6.47. The van der Waals surface area contributed by atoms with Crippen molar-refractivity contribution < 1.29 is 19.2 Å². The quantitative estimate of drug-likeness (QED) is 0.657. The molecule has 0 spiro atoms. The number of benzene rings is 2. The van der Waals surface area contributed by atoms with Crippen LogP contribution in [-0.4, -0.2) is 37.1 Å². The molecular formula is C19H19N3O5. The SMILES string of the molecule is O=C(Nc1ccc2c(c1)OCCO2)c1cc([N+](=O)[O-])ccc1N1CCCC1. The molecule has 0 bridgehead atoms. The average Bonchev–Trinajstić information content (AvgIpc) is 3.22. The third-order valence-electron chi connectivity index (χ3n) is 4.68. The number of carbonyl (C=O) groups is 1. The average molecular weight is 369 g/mol. The molecule has 0 unspecified atom stereocenters. The molecule has 8 nitrogen and oxygen atoms in total. The maximum Gasteiger partial charge on any atom is 0.270 e. The van der Waals surface area contributed by atoms with Gasteiger partial charge < -0.3 is 19.7 Å². The molecule has 0 aliphatic carbocycles. The monoisotopic (exact) mass is 369 g/mol. The largest absolute Gasteiger partial charge is 0.486 e. The Morgan fingerprint density at radius 1 is 1.04 bits per heavy atom. The van der Waals surface area contributed by atoms with Crippen molar-refractivity contribution in [3.05, 3.63) is 52.1 Å². The van der Waals surface area contributed by atoms with E-state index in [0.29, 0.717) is 41.7 Å². The topological polar surface area (TPSA) is 93.9 Å². The lowest BCUT2D eigenvalue weighted by atomic mass is 10.1. The van der Waals surface area contributed by atoms with Gasteiger partial charge in [-0.25, -0.2) is 0 Å². The predicted molar refractivity (Wildman–Crippen MR) is 99.9 cm³/mol. The van der Waals surface area contributed by atoms with Crippen LogP contribution in [0.4, 0.5) is 17.1 Å². The van der Waals surface area contributed by atoms with E-state index >= 15 is 0 Å². The summed E-state index contributed by atoms with van der Waals surface area (Å²) in [5.41, 5.74) is 1.45. The summed E-state index contributed by atoms with van der Waals surface area (Å²) < 4.78 is 11.0. The van der Waals surface area contributed by atoms with E-state index in [-0.39, 0.29) is 5.69 Å². The first-order chi connectivity index (χ1) is 13.1. The number of nitro groups is 1. The molecule has 2 aromatic carbocycles. The zero-order valence-corrected chi connectivity index (χ0v) is 14.6. The Bertz CT molecular complexity index is 893. The lowest BCUT2D eigenvalue weighted by Gasteiger charge is -2.21. The van der Waals surface area contributed by atoms with Gasteiger partial charge in [0.25, 0.3) is 11.6 Å². The van der Waals surface area contributed by atoms with Crippen LogP contribution < -0.4 is 19.7 Å². The highest BCUT2D eigenvalue weighted by atomic mass is 16.6. The number of fused-ring (bicyclic) bond motifs is 1. The first kappa shape index (κ1) is 17.1. The number of ether oxygens (including phenoxy) is 2. The van der Waals surface area contributed by atoms with Crippen LogP contribution in [0.2, 0.25) is 0 Å². The van der Waals surface area contributed by atoms with Gasteiger partial charge in [-0.3, -0.25) is 14.9 Å². The molecule has 0 atom stereocenters. The Morgan fingerprint density at radius 2 is 1.78 bits per heavy atom. The number of nitro benzene ring substituents is 1. The third-order valence-corrected chi connectivity index (χ3v) is 4.68. The van der Waals surface area contributed by atoms with E-state index in [9.17, 15) is 14.9 Å². The summed E-state index contributed by atoms with van der Waals surface area (Å²) in [5.74, 6) is 0.808. The number of anilines is 2. The van der Waals surface area contributed by atoms with E-state index in [1.54, 1.807) is 24.3 Å². The van der Waals surface area contributed by atoms with Gasteiger partial charge in [0.05, 0.1) is 16.2 Å². The summed E-state index contributed by atoms with van der Waals surface area (Å²) in [6, 6.07) is 9.58. The van der Waals surface area contributed by atoms with E-state index < -0.39 is 10.8 Å². The Balaban J connectivity index is 1.63. The molecule has 140 valence electrons. The number of nitrogens with one attached hydrogen (secondary N) is 1. The van der Waals surface area contributed by atoms with E-state index in [1.807, 2.05) is 0 Å². The Labute approximate surface area is 155 Å². The number of nitrogens with zero attached hydrogens (tertiary/aromatic N) is 2. The highest BCUT2D eigenvalue weighted by Gasteiger charge is 2.23. The molecule has 0 aromatic heterocycles. The number of hydrogen-bond donors (Lipinski definition) is 1. The van der Waals surface area contributed by atoms with Crippen LogP contribution in [-0.2, 0) is 0 Å². The number of amides is 1. The van der Waals surface area contributed by atoms with Crippen LogP contribution in [0.5, 0.6) is 11.5 Å². The maximum absolute atomic E-state index is 12.9. The fourth-order valence-electron chi connectivity index (χ4n) is 3.37. The van der Waals surface area contributed by atoms with Gasteiger partial charge in [-0.2, -0.15) is 0 Å².